The largest absolute Gasteiger partial charge is 0.486 e. The fourth-order valence-electron chi connectivity index (χ4n) is 1.35. The Morgan fingerprint density at radius 3 is 2.82 bits per heavy atom. The van der Waals surface area contributed by atoms with Gasteiger partial charge in [-0.1, -0.05) is 6.07 Å². The minimum Gasteiger partial charge on any atom is -0.486 e. The molecule has 0 fully saturated rings. The zero-order valence-electron chi connectivity index (χ0n) is 9.01. The van der Waals surface area contributed by atoms with Crippen molar-refractivity contribution in [2.24, 2.45) is 0 Å². The molecule has 0 bridgehead atoms. The van der Waals surface area contributed by atoms with Crippen molar-refractivity contribution in [2.45, 2.75) is 6.61 Å². The van der Waals surface area contributed by atoms with Gasteiger partial charge in [-0.3, -0.25) is 4.79 Å². The van der Waals surface area contributed by atoms with Crippen LogP contribution in [0.4, 0.5) is 11.5 Å². The highest BCUT2D eigenvalue weighted by Gasteiger charge is 2.00. The molecule has 6 heteroatoms. The smallest absolute Gasteiger partial charge is 0.253 e. The Balaban J connectivity index is 2.09. The minimum absolute atomic E-state index is 0.129. The Morgan fingerprint density at radius 2 is 2.12 bits per heavy atom. The second-order valence-electron chi connectivity index (χ2n) is 3.48. The summed E-state index contributed by atoms with van der Waals surface area (Å²) < 4.78 is 5.41. The number of nitrogens with two attached hydrogens (primary N) is 2. The van der Waals surface area contributed by atoms with Gasteiger partial charge in [0.25, 0.3) is 5.56 Å². The van der Waals surface area contributed by atoms with E-state index in [2.05, 4.69) is 9.97 Å². The second-order valence-corrected chi connectivity index (χ2v) is 3.48. The normalized spacial score (nSPS) is 10.1. The van der Waals surface area contributed by atoms with E-state index < -0.39 is 0 Å². The van der Waals surface area contributed by atoms with Crippen molar-refractivity contribution >= 4 is 11.5 Å². The maximum absolute atomic E-state index is 11.1. The van der Waals surface area contributed by atoms with Crippen molar-refractivity contribution in [3.63, 3.8) is 0 Å². The molecule has 6 nitrogen and oxygen atoms in total. The predicted molar refractivity (Wildman–Crippen MR) is 64.5 cm³/mol. The van der Waals surface area contributed by atoms with Crippen LogP contribution in [-0.2, 0) is 6.61 Å². The van der Waals surface area contributed by atoms with E-state index in [4.69, 9.17) is 16.2 Å². The number of nitrogens with one attached hydrogen (secondary N) is 1. The topological polar surface area (TPSA) is 107 Å². The van der Waals surface area contributed by atoms with Crippen molar-refractivity contribution in [3.05, 3.63) is 46.5 Å². The van der Waals surface area contributed by atoms with Gasteiger partial charge in [0, 0.05) is 17.8 Å². The van der Waals surface area contributed by atoms with Crippen LogP contribution in [0.1, 0.15) is 5.82 Å². The molecule has 17 heavy (non-hydrogen) atoms. The summed E-state index contributed by atoms with van der Waals surface area (Å²) in [6.45, 7) is 0.129. The van der Waals surface area contributed by atoms with Crippen molar-refractivity contribution in [1.82, 2.24) is 9.97 Å². The van der Waals surface area contributed by atoms with Crippen molar-refractivity contribution in [3.8, 4) is 5.75 Å². The van der Waals surface area contributed by atoms with Crippen LogP contribution in [0.15, 0.2) is 35.1 Å². The molecule has 0 radical (unpaired) electrons. The highest BCUT2D eigenvalue weighted by molar-refractivity contribution is 5.43. The molecule has 5 N–H and O–H groups in total. The molecule has 88 valence electrons. The summed E-state index contributed by atoms with van der Waals surface area (Å²) >= 11 is 0. The first-order valence-corrected chi connectivity index (χ1v) is 4.97. The Labute approximate surface area is 97.2 Å². The number of nitrogen functional groups attached to an aromatic ring is 2. The SMILES string of the molecule is Nc1cccc(OCc2nc(N)cc(=O)[nH]2)c1. The fraction of sp³-hybridized carbons (Fsp3) is 0.0909. The number of nitrogens with zero attached hydrogens (tertiary/aromatic N) is 1. The summed E-state index contributed by atoms with van der Waals surface area (Å²) in [5.41, 5.74) is 11.4. The number of rotatable bonds is 3. The van der Waals surface area contributed by atoms with Gasteiger partial charge in [0.1, 0.15) is 24.0 Å². The third-order valence-corrected chi connectivity index (χ3v) is 2.04. The summed E-state index contributed by atoms with van der Waals surface area (Å²) in [5, 5.41) is 0. The molecule has 0 spiro atoms. The first-order valence-electron chi connectivity index (χ1n) is 4.97. The van der Waals surface area contributed by atoms with Crippen LogP contribution in [0, 0.1) is 0 Å². The number of hydrogen-bond donors (Lipinski definition) is 3. The van der Waals surface area contributed by atoms with E-state index in [-0.39, 0.29) is 18.0 Å². The summed E-state index contributed by atoms with van der Waals surface area (Å²) in [4.78, 5) is 17.6. The fourth-order valence-corrected chi connectivity index (χ4v) is 1.35. The molecule has 0 atom stereocenters. The molecule has 0 saturated heterocycles. The third kappa shape index (κ3) is 2.97. The summed E-state index contributed by atoms with van der Waals surface area (Å²) in [7, 11) is 0. The molecular weight excluding hydrogens is 220 g/mol. The van der Waals surface area contributed by atoms with Crippen LogP contribution >= 0.6 is 0 Å². The Kier molecular flexibility index (Phi) is 2.95. The Morgan fingerprint density at radius 1 is 1.29 bits per heavy atom. The number of H-pyrrole nitrogens is 1. The molecule has 0 aliphatic rings. The molecule has 1 aromatic heterocycles. The monoisotopic (exact) mass is 232 g/mol. The van der Waals surface area contributed by atoms with Crippen molar-refractivity contribution in [1.29, 1.82) is 0 Å². The van der Waals surface area contributed by atoms with Crippen molar-refractivity contribution in [2.75, 3.05) is 11.5 Å². The minimum atomic E-state index is -0.302. The zero-order chi connectivity index (χ0) is 12.3. The average molecular weight is 232 g/mol. The molecule has 2 aromatic rings. The molecule has 1 heterocycles. The van der Waals surface area contributed by atoms with Crippen molar-refractivity contribution < 1.29 is 4.74 Å². The van der Waals surface area contributed by atoms with Crippen LogP contribution < -0.4 is 21.8 Å². The van der Waals surface area contributed by atoms with E-state index >= 15 is 0 Å². The molecule has 0 aliphatic heterocycles. The van der Waals surface area contributed by atoms with Crippen LogP contribution in [-0.4, -0.2) is 9.97 Å². The standard InChI is InChI=1S/C11H12N4O2/c12-7-2-1-3-8(4-7)17-6-10-14-9(13)5-11(16)15-10/h1-5H,6,12H2,(H3,13,14,15,16). The molecule has 0 aliphatic carbocycles. The van der Waals surface area contributed by atoms with Gasteiger partial charge in [-0.2, -0.15) is 0 Å². The number of aromatic nitrogens is 2. The van der Waals surface area contributed by atoms with Gasteiger partial charge in [0.2, 0.25) is 0 Å². The van der Waals surface area contributed by atoms with E-state index in [1.54, 1.807) is 24.3 Å². The quantitative estimate of drug-likeness (QED) is 0.668. The Hall–Kier alpha value is -2.50. The van der Waals surface area contributed by atoms with Gasteiger partial charge in [0.05, 0.1) is 0 Å². The van der Waals surface area contributed by atoms with Gasteiger partial charge >= 0.3 is 0 Å². The highest BCUT2D eigenvalue weighted by Crippen LogP contribution is 2.15. The molecular formula is C11H12N4O2. The number of aromatic amines is 1. The average Bonchev–Trinajstić information content (AvgIpc) is 2.25. The van der Waals surface area contributed by atoms with E-state index in [9.17, 15) is 4.79 Å². The summed E-state index contributed by atoms with van der Waals surface area (Å²) in [5.74, 6) is 1.15. The highest BCUT2D eigenvalue weighted by atomic mass is 16.5. The van der Waals surface area contributed by atoms with E-state index in [1.165, 1.54) is 6.07 Å². The van der Waals surface area contributed by atoms with Crippen LogP contribution in [0.3, 0.4) is 0 Å². The zero-order valence-corrected chi connectivity index (χ0v) is 9.01. The maximum Gasteiger partial charge on any atom is 0.253 e. The molecule has 0 saturated carbocycles. The lowest BCUT2D eigenvalue weighted by Gasteiger charge is -2.06. The number of ether oxygens (including phenoxy) is 1. The first kappa shape index (κ1) is 11.0. The van der Waals surface area contributed by atoms with Gasteiger partial charge in [-0.25, -0.2) is 4.98 Å². The lowest BCUT2D eigenvalue weighted by atomic mass is 10.3. The van der Waals surface area contributed by atoms with Gasteiger partial charge in [0.15, 0.2) is 0 Å². The maximum atomic E-state index is 11.1. The van der Waals surface area contributed by atoms with Gasteiger partial charge < -0.3 is 21.2 Å². The number of hydrogen-bond acceptors (Lipinski definition) is 5. The second kappa shape index (κ2) is 4.56. The van der Waals surface area contributed by atoms with E-state index in [0.29, 0.717) is 17.3 Å². The Bertz CT molecular complexity index is 580. The molecule has 1 aromatic carbocycles. The van der Waals surface area contributed by atoms with Crippen LogP contribution in [0.5, 0.6) is 5.75 Å². The van der Waals surface area contributed by atoms with E-state index in [1.807, 2.05) is 0 Å². The number of benzene rings is 1. The van der Waals surface area contributed by atoms with Crippen LogP contribution in [0.2, 0.25) is 0 Å². The summed E-state index contributed by atoms with van der Waals surface area (Å²) in [6.07, 6.45) is 0. The lowest BCUT2D eigenvalue weighted by Crippen LogP contribution is -2.14. The number of anilines is 2. The van der Waals surface area contributed by atoms with Crippen LogP contribution in [0.25, 0.3) is 0 Å². The lowest BCUT2D eigenvalue weighted by molar-refractivity contribution is 0.296. The third-order valence-electron chi connectivity index (χ3n) is 2.04. The van der Waals surface area contributed by atoms with E-state index in [0.717, 1.165) is 0 Å². The van der Waals surface area contributed by atoms with Gasteiger partial charge in [-0.05, 0) is 12.1 Å². The molecule has 2 rings (SSSR count). The van der Waals surface area contributed by atoms with Gasteiger partial charge in [-0.15, -0.1) is 0 Å². The summed E-state index contributed by atoms with van der Waals surface area (Å²) in [6, 6.07) is 8.20. The molecule has 0 amide bonds. The predicted octanol–water partition coefficient (Wildman–Crippen LogP) is 0.513. The molecule has 0 unspecified atom stereocenters. The first-order chi connectivity index (χ1) is 8.13.